The molecular weight excluding hydrogens is 485 g/mol. The van der Waals surface area contributed by atoms with Crippen LogP contribution in [0.1, 0.15) is 29.5 Å². The quantitative estimate of drug-likeness (QED) is 0.350. The molecule has 35 heavy (non-hydrogen) atoms. The van der Waals surface area contributed by atoms with E-state index in [1.165, 1.54) is 0 Å². The molecule has 0 aliphatic carbocycles. The van der Waals surface area contributed by atoms with Crippen molar-refractivity contribution in [3.63, 3.8) is 0 Å². The highest BCUT2D eigenvalue weighted by atomic mass is 35.5. The summed E-state index contributed by atoms with van der Waals surface area (Å²) in [5, 5.41) is 10.7. The van der Waals surface area contributed by atoms with Crippen LogP contribution in [0.5, 0.6) is 5.75 Å². The molecule has 3 aromatic carbocycles. The summed E-state index contributed by atoms with van der Waals surface area (Å²) in [7, 11) is 1.64. The van der Waals surface area contributed by atoms with Gasteiger partial charge in [-0.1, -0.05) is 59.6 Å². The van der Waals surface area contributed by atoms with Crippen molar-refractivity contribution in [3.8, 4) is 5.75 Å². The Labute approximate surface area is 216 Å². The summed E-state index contributed by atoms with van der Waals surface area (Å²) in [6.07, 6.45) is 1.59. The zero-order chi connectivity index (χ0) is 24.8. The van der Waals surface area contributed by atoms with Crippen LogP contribution < -0.4 is 4.74 Å². The summed E-state index contributed by atoms with van der Waals surface area (Å²) in [5.41, 5.74) is 1.86. The molecule has 5 nitrogen and oxygen atoms in total. The summed E-state index contributed by atoms with van der Waals surface area (Å²) >= 11 is 12.5. The fourth-order valence-corrected chi connectivity index (χ4v) is 4.98. The first-order valence-electron chi connectivity index (χ1n) is 11.7. The summed E-state index contributed by atoms with van der Waals surface area (Å²) < 4.78 is 12.2. The number of aliphatic carboxylic acids is 1. The summed E-state index contributed by atoms with van der Waals surface area (Å²) in [6, 6.07) is 23.2. The molecule has 184 valence electrons. The van der Waals surface area contributed by atoms with E-state index in [-0.39, 0.29) is 5.92 Å². The van der Waals surface area contributed by atoms with Crippen molar-refractivity contribution in [1.82, 2.24) is 4.90 Å². The van der Waals surface area contributed by atoms with Gasteiger partial charge < -0.3 is 19.5 Å². The topological polar surface area (TPSA) is 59.0 Å². The van der Waals surface area contributed by atoms with Gasteiger partial charge in [0.15, 0.2) is 0 Å². The minimum absolute atomic E-state index is 0.331. The van der Waals surface area contributed by atoms with E-state index in [2.05, 4.69) is 4.90 Å². The third-order valence-electron chi connectivity index (χ3n) is 6.58. The van der Waals surface area contributed by atoms with Crippen LogP contribution >= 0.6 is 23.2 Å². The minimum Gasteiger partial charge on any atom is -0.497 e. The lowest BCUT2D eigenvalue weighted by atomic mass is 9.80. The number of hydrogen-bond donors (Lipinski definition) is 1. The number of halogens is 2. The summed E-state index contributed by atoms with van der Waals surface area (Å²) in [6.45, 7) is 2.44. The summed E-state index contributed by atoms with van der Waals surface area (Å²) in [4.78, 5) is 13.7. The van der Waals surface area contributed by atoms with Crippen molar-refractivity contribution in [1.29, 1.82) is 0 Å². The highest BCUT2D eigenvalue weighted by Gasteiger charge is 2.38. The Morgan fingerprint density at radius 2 is 1.46 bits per heavy atom. The molecule has 0 radical (unpaired) electrons. The number of rotatable bonds is 9. The van der Waals surface area contributed by atoms with Gasteiger partial charge in [-0.3, -0.25) is 4.79 Å². The lowest BCUT2D eigenvalue weighted by Crippen LogP contribution is -2.42. The predicted molar refractivity (Wildman–Crippen MR) is 139 cm³/mol. The Kier molecular flexibility index (Phi) is 8.34. The highest BCUT2D eigenvalue weighted by Crippen LogP contribution is 2.42. The zero-order valence-corrected chi connectivity index (χ0v) is 21.1. The molecule has 0 amide bonds. The van der Waals surface area contributed by atoms with Gasteiger partial charge in [-0.15, -0.1) is 0 Å². The Bertz CT molecular complexity index is 1070. The van der Waals surface area contributed by atoms with Crippen LogP contribution in [0.4, 0.5) is 0 Å². The largest absolute Gasteiger partial charge is 0.497 e. The van der Waals surface area contributed by atoms with Gasteiger partial charge in [-0.2, -0.15) is 0 Å². The smallest absolute Gasteiger partial charge is 0.307 e. The molecule has 0 unspecified atom stereocenters. The molecule has 7 heteroatoms. The van der Waals surface area contributed by atoms with Crippen LogP contribution in [0.3, 0.4) is 0 Å². The molecule has 3 aromatic rings. The Morgan fingerprint density at radius 1 is 0.943 bits per heavy atom. The average molecular weight is 514 g/mol. The fraction of sp³-hybridized carbons (Fsp3) is 0.321. The molecule has 0 aromatic heterocycles. The highest BCUT2D eigenvalue weighted by molar-refractivity contribution is 6.30. The standard InChI is InChI=1S/C28H29Cl2NO4/c1-34-26-14-8-23(9-15-26)28(21-4-10-24(29)11-5-21,22-6-12-25(30)13-7-22)35-18-17-31-16-2-3-20(19-31)27(32)33/h4-15,20H,2-3,16-19H2,1H3,(H,32,33)/t20-/m1/s1. The molecule has 1 aliphatic heterocycles. The number of piperidine rings is 1. The van der Waals surface area contributed by atoms with Gasteiger partial charge in [0.1, 0.15) is 11.4 Å². The van der Waals surface area contributed by atoms with Gasteiger partial charge in [0, 0.05) is 23.1 Å². The van der Waals surface area contributed by atoms with Crippen molar-refractivity contribution >= 4 is 29.2 Å². The maximum atomic E-state index is 11.5. The van der Waals surface area contributed by atoms with E-state index in [9.17, 15) is 9.90 Å². The first-order chi connectivity index (χ1) is 16.9. The van der Waals surface area contributed by atoms with Crippen molar-refractivity contribution in [2.45, 2.75) is 18.4 Å². The molecule has 1 N–H and O–H groups in total. The average Bonchev–Trinajstić information content (AvgIpc) is 2.88. The predicted octanol–water partition coefficient (Wildman–Crippen LogP) is 6.11. The number of ether oxygens (including phenoxy) is 2. The van der Waals surface area contributed by atoms with Gasteiger partial charge in [-0.05, 0) is 72.5 Å². The molecule has 1 fully saturated rings. The van der Waals surface area contributed by atoms with Crippen molar-refractivity contribution < 1.29 is 19.4 Å². The SMILES string of the molecule is COc1ccc(C(OCCN2CCC[C@@H](C(=O)O)C2)(c2ccc(Cl)cc2)c2ccc(Cl)cc2)cc1. The van der Waals surface area contributed by atoms with E-state index in [1.54, 1.807) is 7.11 Å². The third-order valence-corrected chi connectivity index (χ3v) is 7.08. The van der Waals surface area contributed by atoms with Crippen LogP contribution in [0.2, 0.25) is 10.0 Å². The van der Waals surface area contributed by atoms with Gasteiger partial charge in [0.05, 0.1) is 19.6 Å². The molecule has 0 saturated carbocycles. The summed E-state index contributed by atoms with van der Waals surface area (Å²) in [5.74, 6) is -0.309. The zero-order valence-electron chi connectivity index (χ0n) is 19.6. The van der Waals surface area contributed by atoms with E-state index in [4.69, 9.17) is 32.7 Å². The normalized spacial score (nSPS) is 16.7. The number of carboxylic acids is 1. The molecule has 1 heterocycles. The lowest BCUT2D eigenvalue weighted by molar-refractivity contribution is -0.143. The lowest BCUT2D eigenvalue weighted by Gasteiger charge is -2.37. The van der Waals surface area contributed by atoms with Crippen LogP contribution in [0, 0.1) is 5.92 Å². The molecule has 1 atom stereocenters. The van der Waals surface area contributed by atoms with Gasteiger partial charge in [0.25, 0.3) is 0 Å². The van der Waals surface area contributed by atoms with Gasteiger partial charge >= 0.3 is 5.97 Å². The number of carboxylic acid groups (broad SMARTS) is 1. The van der Waals surface area contributed by atoms with Gasteiger partial charge in [-0.25, -0.2) is 0 Å². The van der Waals surface area contributed by atoms with E-state index in [0.717, 1.165) is 41.8 Å². The number of hydrogen-bond acceptors (Lipinski definition) is 4. The van der Waals surface area contributed by atoms with E-state index in [0.29, 0.717) is 29.7 Å². The van der Waals surface area contributed by atoms with Crippen LogP contribution in [0.25, 0.3) is 0 Å². The number of likely N-dealkylation sites (tertiary alicyclic amines) is 1. The minimum atomic E-state index is -0.927. The molecule has 0 spiro atoms. The van der Waals surface area contributed by atoms with Crippen LogP contribution in [0.15, 0.2) is 72.8 Å². The van der Waals surface area contributed by atoms with E-state index >= 15 is 0 Å². The maximum Gasteiger partial charge on any atom is 0.307 e. The molecular formula is C28H29Cl2NO4. The second-order valence-electron chi connectivity index (χ2n) is 8.75. The van der Waals surface area contributed by atoms with Crippen molar-refractivity contribution in [3.05, 3.63) is 99.5 Å². The number of benzene rings is 3. The fourth-order valence-electron chi connectivity index (χ4n) is 4.73. The Hall–Kier alpha value is -2.57. The van der Waals surface area contributed by atoms with E-state index < -0.39 is 11.6 Å². The van der Waals surface area contributed by atoms with Crippen LogP contribution in [-0.4, -0.2) is 49.3 Å². The Balaban J connectivity index is 1.72. The second kappa shape index (κ2) is 11.4. The van der Waals surface area contributed by atoms with E-state index in [1.807, 2.05) is 72.8 Å². The maximum absolute atomic E-state index is 11.5. The molecule has 1 aliphatic rings. The molecule has 4 rings (SSSR count). The number of carbonyl (C=O) groups is 1. The van der Waals surface area contributed by atoms with Gasteiger partial charge in [0.2, 0.25) is 0 Å². The second-order valence-corrected chi connectivity index (χ2v) is 9.62. The Morgan fingerprint density at radius 3 is 1.94 bits per heavy atom. The third kappa shape index (κ3) is 5.81. The van der Waals surface area contributed by atoms with Crippen molar-refractivity contribution in [2.75, 3.05) is 33.4 Å². The van der Waals surface area contributed by atoms with Crippen LogP contribution in [-0.2, 0) is 15.1 Å². The number of nitrogens with zero attached hydrogens (tertiary/aromatic N) is 1. The van der Waals surface area contributed by atoms with Crippen molar-refractivity contribution in [2.24, 2.45) is 5.92 Å². The first kappa shape index (κ1) is 25.5. The monoisotopic (exact) mass is 513 g/mol. The first-order valence-corrected chi connectivity index (χ1v) is 12.4. The number of methoxy groups -OCH3 is 1. The molecule has 1 saturated heterocycles. The molecule has 0 bridgehead atoms.